The van der Waals surface area contributed by atoms with E-state index in [1.807, 2.05) is 0 Å². The first-order valence-corrected chi connectivity index (χ1v) is 9.02. The van der Waals surface area contributed by atoms with Crippen LogP contribution in [0.1, 0.15) is 63.1 Å². The van der Waals surface area contributed by atoms with Crippen LogP contribution in [0.5, 0.6) is 0 Å². The van der Waals surface area contributed by atoms with E-state index in [0.29, 0.717) is 5.92 Å². The summed E-state index contributed by atoms with van der Waals surface area (Å²) in [4.78, 5) is 7.77. The zero-order valence-corrected chi connectivity index (χ0v) is 13.4. The van der Waals surface area contributed by atoms with Gasteiger partial charge in [-0.25, -0.2) is 0 Å². The van der Waals surface area contributed by atoms with E-state index >= 15 is 0 Å². The molecular formula is C20H26N2. The van der Waals surface area contributed by atoms with Crippen LogP contribution in [0.25, 0.3) is 0 Å². The van der Waals surface area contributed by atoms with Gasteiger partial charge in [-0.3, -0.25) is 4.99 Å². The average Bonchev–Trinajstić information content (AvgIpc) is 2.62. The van der Waals surface area contributed by atoms with Gasteiger partial charge in [0, 0.05) is 23.9 Å². The number of fused-ring (bicyclic) bond motifs is 1. The third-order valence-electron chi connectivity index (χ3n) is 5.45. The molecule has 1 atom stereocenters. The van der Waals surface area contributed by atoms with Crippen molar-refractivity contribution in [1.29, 1.82) is 0 Å². The van der Waals surface area contributed by atoms with Gasteiger partial charge in [-0.05, 0) is 43.7 Å². The Morgan fingerprint density at radius 2 is 1.73 bits per heavy atom. The summed E-state index contributed by atoms with van der Waals surface area (Å²) in [7, 11) is 0. The molecule has 22 heavy (non-hydrogen) atoms. The van der Waals surface area contributed by atoms with Crippen LogP contribution in [0, 0.1) is 5.92 Å². The number of benzene rings is 1. The van der Waals surface area contributed by atoms with Crippen molar-refractivity contribution in [2.24, 2.45) is 10.9 Å². The third-order valence-corrected chi connectivity index (χ3v) is 5.45. The maximum absolute atomic E-state index is 5.23. The lowest BCUT2D eigenvalue weighted by Gasteiger charge is -2.41. The predicted octanol–water partition coefficient (Wildman–Crippen LogP) is 5.09. The second-order valence-electron chi connectivity index (χ2n) is 6.96. The molecule has 2 heteroatoms. The normalized spacial score (nSPS) is 26.2. The summed E-state index contributed by atoms with van der Waals surface area (Å²) in [5.74, 6) is 0.705. The van der Waals surface area contributed by atoms with E-state index in [0.717, 1.165) is 6.54 Å². The Labute approximate surface area is 133 Å². The Balaban J connectivity index is 1.68. The van der Waals surface area contributed by atoms with Crippen molar-refractivity contribution in [3.63, 3.8) is 0 Å². The molecule has 116 valence electrons. The number of rotatable bonds is 2. The molecule has 1 saturated heterocycles. The first-order chi connectivity index (χ1) is 10.9. The quantitative estimate of drug-likeness (QED) is 0.741. The summed E-state index contributed by atoms with van der Waals surface area (Å²) < 4.78 is 0. The van der Waals surface area contributed by atoms with Gasteiger partial charge in [-0.1, -0.05) is 49.6 Å². The molecular weight excluding hydrogens is 268 g/mol. The minimum atomic E-state index is 0.221. The van der Waals surface area contributed by atoms with Crippen molar-refractivity contribution in [2.75, 3.05) is 6.54 Å². The number of allylic oxidation sites excluding steroid dienone is 2. The second kappa shape index (κ2) is 6.28. The van der Waals surface area contributed by atoms with Gasteiger partial charge < -0.3 is 4.90 Å². The topological polar surface area (TPSA) is 15.6 Å². The monoisotopic (exact) mass is 294 g/mol. The smallest absolute Gasteiger partial charge is 0.147 e. The van der Waals surface area contributed by atoms with E-state index in [1.54, 1.807) is 0 Å². The Morgan fingerprint density at radius 3 is 2.55 bits per heavy atom. The van der Waals surface area contributed by atoms with Crippen molar-refractivity contribution >= 4 is 5.71 Å². The fraction of sp³-hybridized carbons (Fsp3) is 0.550. The zero-order chi connectivity index (χ0) is 14.8. The number of aliphatic imine (C=N–C) groups is 1. The van der Waals surface area contributed by atoms with E-state index in [2.05, 4.69) is 41.3 Å². The van der Waals surface area contributed by atoms with Crippen molar-refractivity contribution in [3.8, 4) is 0 Å². The molecule has 2 fully saturated rings. The zero-order valence-electron chi connectivity index (χ0n) is 13.4. The maximum atomic E-state index is 5.23. The summed E-state index contributed by atoms with van der Waals surface area (Å²) in [6.45, 7) is 1.16. The van der Waals surface area contributed by atoms with E-state index in [4.69, 9.17) is 4.99 Å². The summed E-state index contributed by atoms with van der Waals surface area (Å²) in [6.07, 6.45) is 13.4. The highest BCUT2D eigenvalue weighted by Crippen LogP contribution is 2.37. The van der Waals surface area contributed by atoms with Crippen LogP contribution in [-0.2, 0) is 0 Å². The van der Waals surface area contributed by atoms with Gasteiger partial charge in [0.2, 0.25) is 0 Å². The number of hydrogen-bond acceptors (Lipinski definition) is 2. The lowest BCUT2D eigenvalue weighted by molar-refractivity contribution is 0.217. The average molecular weight is 294 g/mol. The molecule has 0 bridgehead atoms. The number of nitrogens with zero attached hydrogens (tertiary/aromatic N) is 2. The van der Waals surface area contributed by atoms with Crippen LogP contribution in [0.2, 0.25) is 0 Å². The van der Waals surface area contributed by atoms with Crippen LogP contribution in [0.15, 0.2) is 47.1 Å². The maximum Gasteiger partial charge on any atom is 0.147 e. The molecule has 2 nitrogen and oxygen atoms in total. The molecule has 1 unspecified atom stereocenters. The number of hydrogen-bond donors (Lipinski definition) is 0. The van der Waals surface area contributed by atoms with Crippen molar-refractivity contribution in [2.45, 2.75) is 57.5 Å². The summed E-state index contributed by atoms with van der Waals surface area (Å²) >= 11 is 0. The molecule has 3 aliphatic rings. The Bertz CT molecular complexity index is 567. The SMILES string of the molecule is C1=C2CCCCN2C(c2ccccc2)N=C1C1CCCCC1. The van der Waals surface area contributed by atoms with Crippen LogP contribution < -0.4 is 0 Å². The third kappa shape index (κ3) is 2.71. The molecule has 2 heterocycles. The minimum Gasteiger partial charge on any atom is -0.349 e. The van der Waals surface area contributed by atoms with Crippen LogP contribution in [-0.4, -0.2) is 17.2 Å². The largest absolute Gasteiger partial charge is 0.349 e. The molecule has 1 aromatic rings. The van der Waals surface area contributed by atoms with Gasteiger partial charge in [0.15, 0.2) is 0 Å². The molecule has 0 radical (unpaired) electrons. The fourth-order valence-corrected chi connectivity index (χ4v) is 4.23. The van der Waals surface area contributed by atoms with Crippen LogP contribution in [0.4, 0.5) is 0 Å². The van der Waals surface area contributed by atoms with Gasteiger partial charge in [-0.15, -0.1) is 0 Å². The molecule has 0 aromatic heterocycles. The summed E-state index contributed by atoms with van der Waals surface area (Å²) in [6, 6.07) is 10.9. The van der Waals surface area contributed by atoms with E-state index < -0.39 is 0 Å². The highest BCUT2D eigenvalue weighted by molar-refractivity contribution is 5.98. The molecule has 1 aromatic carbocycles. The predicted molar refractivity (Wildman–Crippen MR) is 91.8 cm³/mol. The second-order valence-corrected chi connectivity index (χ2v) is 6.96. The van der Waals surface area contributed by atoms with Crippen molar-refractivity contribution in [1.82, 2.24) is 4.90 Å². The Kier molecular flexibility index (Phi) is 4.01. The van der Waals surface area contributed by atoms with Gasteiger partial charge in [0.1, 0.15) is 6.17 Å². The van der Waals surface area contributed by atoms with Gasteiger partial charge in [0.05, 0.1) is 0 Å². The fourth-order valence-electron chi connectivity index (χ4n) is 4.23. The van der Waals surface area contributed by atoms with Crippen molar-refractivity contribution in [3.05, 3.63) is 47.7 Å². The lowest BCUT2D eigenvalue weighted by atomic mass is 9.84. The van der Waals surface area contributed by atoms with E-state index in [1.165, 1.54) is 68.3 Å². The highest BCUT2D eigenvalue weighted by Gasteiger charge is 2.30. The summed E-state index contributed by atoms with van der Waals surface area (Å²) in [5.41, 5.74) is 4.28. The lowest BCUT2D eigenvalue weighted by Crippen LogP contribution is -2.36. The molecule has 4 rings (SSSR count). The molecule has 2 aliphatic heterocycles. The minimum absolute atomic E-state index is 0.221. The van der Waals surface area contributed by atoms with E-state index in [9.17, 15) is 0 Å². The molecule has 0 amide bonds. The van der Waals surface area contributed by atoms with Gasteiger partial charge >= 0.3 is 0 Å². The molecule has 0 N–H and O–H groups in total. The first kappa shape index (κ1) is 14.0. The Morgan fingerprint density at radius 1 is 0.909 bits per heavy atom. The molecule has 1 aliphatic carbocycles. The molecule has 0 spiro atoms. The van der Waals surface area contributed by atoms with Gasteiger partial charge in [0.25, 0.3) is 0 Å². The Hall–Kier alpha value is -1.57. The van der Waals surface area contributed by atoms with Crippen LogP contribution in [0.3, 0.4) is 0 Å². The first-order valence-electron chi connectivity index (χ1n) is 9.02. The van der Waals surface area contributed by atoms with Gasteiger partial charge in [-0.2, -0.15) is 0 Å². The number of piperidine rings is 1. The van der Waals surface area contributed by atoms with E-state index in [-0.39, 0.29) is 6.17 Å². The van der Waals surface area contributed by atoms with Crippen molar-refractivity contribution < 1.29 is 0 Å². The summed E-state index contributed by atoms with van der Waals surface area (Å²) in [5, 5.41) is 0. The molecule has 1 saturated carbocycles. The standard InChI is InChI=1S/C20H26N2/c1-3-9-16(10-4-1)19-15-18-13-7-8-14-22(18)20(21-19)17-11-5-2-6-12-17/h2,5-6,11-12,15-16,20H,1,3-4,7-10,13-14H2. The highest BCUT2D eigenvalue weighted by atomic mass is 15.3. The van der Waals surface area contributed by atoms with Crippen LogP contribution >= 0.6 is 0 Å².